The maximum absolute atomic E-state index is 13.5. The summed E-state index contributed by atoms with van der Waals surface area (Å²) in [6.45, 7) is 2.67. The van der Waals surface area contributed by atoms with Gasteiger partial charge < -0.3 is 20.7 Å². The van der Waals surface area contributed by atoms with Crippen molar-refractivity contribution < 1.29 is 9.53 Å². The average molecular weight is 395 g/mol. The molecule has 5 rings (SSSR count). The number of anilines is 1. The van der Waals surface area contributed by atoms with Gasteiger partial charge in [-0.3, -0.25) is 4.79 Å². The molecule has 1 aromatic heterocycles. The monoisotopic (exact) mass is 394 g/mol. The second-order valence-corrected chi connectivity index (χ2v) is 8.55. The number of hydrogen-bond donors (Lipinski definition) is 2. The van der Waals surface area contributed by atoms with Gasteiger partial charge in [0.2, 0.25) is 0 Å². The molecule has 0 bridgehead atoms. The van der Waals surface area contributed by atoms with Gasteiger partial charge >= 0.3 is 0 Å². The summed E-state index contributed by atoms with van der Waals surface area (Å²) in [6.07, 6.45) is 0. The molecule has 2 aromatic carbocycles. The Morgan fingerprint density at radius 2 is 2.07 bits per heavy atom. The van der Waals surface area contributed by atoms with Gasteiger partial charge in [-0.1, -0.05) is 23.5 Å². The number of rotatable bonds is 3. The molecule has 2 saturated heterocycles. The van der Waals surface area contributed by atoms with Crippen LogP contribution in [0, 0.1) is 11.8 Å². The molecule has 6 nitrogen and oxygen atoms in total. The van der Waals surface area contributed by atoms with Crippen LogP contribution in [0.1, 0.15) is 22.0 Å². The standard InChI is InChI=1S/C21H22N4O2S/c1-27-15-5-2-12(3-6-15)19-16-10-23-9-14(16)11-25(19)20(26)13-4-7-18-17(8-13)24-21(22)28-18/h2-8,14,16,19,23H,9-11H2,1H3,(H2,22,24)/t14-,16-,19+/m0/s1. The van der Waals surface area contributed by atoms with Crippen molar-refractivity contribution in [1.29, 1.82) is 0 Å². The van der Waals surface area contributed by atoms with Gasteiger partial charge in [0.25, 0.3) is 5.91 Å². The third kappa shape index (κ3) is 2.82. The lowest BCUT2D eigenvalue weighted by molar-refractivity contribution is 0.0714. The van der Waals surface area contributed by atoms with E-state index in [1.165, 1.54) is 11.3 Å². The van der Waals surface area contributed by atoms with Gasteiger partial charge in [0.1, 0.15) is 5.75 Å². The number of ether oxygens (including phenoxy) is 1. The molecule has 1 amide bonds. The zero-order chi connectivity index (χ0) is 19.3. The van der Waals surface area contributed by atoms with Crippen LogP contribution in [-0.4, -0.2) is 42.5 Å². The molecule has 0 unspecified atom stereocenters. The van der Waals surface area contributed by atoms with Crippen LogP contribution in [-0.2, 0) is 0 Å². The Kier molecular flexibility index (Phi) is 4.21. The summed E-state index contributed by atoms with van der Waals surface area (Å²) in [7, 11) is 1.67. The number of nitrogens with zero attached hydrogens (tertiary/aromatic N) is 2. The van der Waals surface area contributed by atoms with Gasteiger partial charge in [0.15, 0.2) is 5.13 Å². The average Bonchev–Trinajstić information content (AvgIpc) is 3.39. The molecule has 144 valence electrons. The van der Waals surface area contributed by atoms with Crippen LogP contribution in [0.3, 0.4) is 0 Å². The summed E-state index contributed by atoms with van der Waals surface area (Å²) in [5.74, 6) is 1.79. The lowest BCUT2D eigenvalue weighted by atomic mass is 9.89. The van der Waals surface area contributed by atoms with E-state index < -0.39 is 0 Å². The number of aromatic nitrogens is 1. The highest BCUT2D eigenvalue weighted by molar-refractivity contribution is 7.22. The number of amides is 1. The molecule has 2 fully saturated rings. The quantitative estimate of drug-likeness (QED) is 0.714. The lowest BCUT2D eigenvalue weighted by Crippen LogP contribution is -2.34. The minimum absolute atomic E-state index is 0.0590. The molecule has 3 heterocycles. The highest BCUT2D eigenvalue weighted by atomic mass is 32.1. The normalized spacial score (nSPS) is 23.9. The van der Waals surface area contributed by atoms with Crippen molar-refractivity contribution in [2.24, 2.45) is 11.8 Å². The number of methoxy groups -OCH3 is 1. The van der Waals surface area contributed by atoms with E-state index in [0.29, 0.717) is 22.5 Å². The predicted octanol–water partition coefficient (Wildman–Crippen LogP) is 2.92. The van der Waals surface area contributed by atoms with Gasteiger partial charge in [0.05, 0.1) is 23.4 Å². The minimum Gasteiger partial charge on any atom is -0.497 e. The maximum atomic E-state index is 13.5. The van der Waals surface area contributed by atoms with Gasteiger partial charge in [-0.25, -0.2) is 4.98 Å². The first kappa shape index (κ1) is 17.5. The molecule has 2 aliphatic rings. The van der Waals surface area contributed by atoms with Crippen LogP contribution < -0.4 is 15.8 Å². The Bertz CT molecular complexity index is 1030. The van der Waals surface area contributed by atoms with Crippen molar-refractivity contribution >= 4 is 32.6 Å². The molecule has 0 radical (unpaired) electrons. The van der Waals surface area contributed by atoms with Crippen LogP contribution in [0.5, 0.6) is 5.75 Å². The Balaban J connectivity index is 1.50. The highest BCUT2D eigenvalue weighted by Gasteiger charge is 2.46. The summed E-state index contributed by atoms with van der Waals surface area (Å²) in [5.41, 5.74) is 8.43. The van der Waals surface area contributed by atoms with Gasteiger partial charge in [-0.2, -0.15) is 0 Å². The van der Waals surface area contributed by atoms with Crippen LogP contribution in [0.4, 0.5) is 5.13 Å². The van der Waals surface area contributed by atoms with Gasteiger partial charge in [0, 0.05) is 31.1 Å². The number of benzene rings is 2. The van der Waals surface area contributed by atoms with Gasteiger partial charge in [-0.15, -0.1) is 0 Å². The number of carbonyl (C=O) groups excluding carboxylic acids is 1. The van der Waals surface area contributed by atoms with Crippen LogP contribution in [0.2, 0.25) is 0 Å². The minimum atomic E-state index is 0.0590. The summed E-state index contributed by atoms with van der Waals surface area (Å²) < 4.78 is 6.30. The fourth-order valence-corrected chi connectivity index (χ4v) is 5.32. The zero-order valence-electron chi connectivity index (χ0n) is 15.6. The maximum Gasteiger partial charge on any atom is 0.254 e. The fourth-order valence-electron chi connectivity index (χ4n) is 4.60. The summed E-state index contributed by atoms with van der Waals surface area (Å²) in [6, 6.07) is 13.9. The van der Waals surface area contributed by atoms with Crippen molar-refractivity contribution in [1.82, 2.24) is 15.2 Å². The van der Waals surface area contributed by atoms with Crippen molar-refractivity contribution in [3.05, 3.63) is 53.6 Å². The largest absolute Gasteiger partial charge is 0.497 e. The number of nitrogen functional groups attached to an aromatic ring is 1. The smallest absolute Gasteiger partial charge is 0.254 e. The summed E-state index contributed by atoms with van der Waals surface area (Å²) in [4.78, 5) is 19.8. The van der Waals surface area contributed by atoms with Crippen molar-refractivity contribution in [3.8, 4) is 5.75 Å². The van der Waals surface area contributed by atoms with Crippen LogP contribution in [0.25, 0.3) is 10.2 Å². The third-order valence-corrected chi connectivity index (χ3v) is 6.80. The van der Waals surface area contributed by atoms with Crippen LogP contribution >= 0.6 is 11.3 Å². The third-order valence-electron chi connectivity index (χ3n) is 5.93. The Morgan fingerprint density at radius 1 is 1.25 bits per heavy atom. The molecule has 0 aliphatic carbocycles. The highest BCUT2D eigenvalue weighted by Crippen LogP contribution is 2.43. The number of thiazole rings is 1. The number of carbonyl (C=O) groups is 1. The van der Waals surface area contributed by atoms with Crippen LogP contribution in [0.15, 0.2) is 42.5 Å². The van der Waals surface area contributed by atoms with E-state index in [4.69, 9.17) is 10.5 Å². The first-order valence-electron chi connectivity index (χ1n) is 9.46. The molecule has 3 aromatic rings. The SMILES string of the molecule is COc1ccc([C@@H]2[C@H]3CNC[C@H]3CN2C(=O)c2ccc3sc(N)nc3c2)cc1. The van der Waals surface area contributed by atoms with E-state index in [1.54, 1.807) is 7.11 Å². The number of nitrogens with one attached hydrogen (secondary N) is 1. The predicted molar refractivity (Wildman–Crippen MR) is 111 cm³/mol. The molecule has 0 saturated carbocycles. The van der Waals surface area contributed by atoms with Gasteiger partial charge in [-0.05, 0) is 41.8 Å². The number of fused-ring (bicyclic) bond motifs is 2. The van der Waals surface area contributed by atoms with Crippen molar-refractivity contribution in [2.75, 3.05) is 32.5 Å². The lowest BCUT2D eigenvalue weighted by Gasteiger charge is -2.28. The molecule has 2 aliphatic heterocycles. The molecular formula is C21H22N4O2S. The van der Waals surface area contributed by atoms with E-state index in [-0.39, 0.29) is 11.9 Å². The molecule has 28 heavy (non-hydrogen) atoms. The summed E-state index contributed by atoms with van der Waals surface area (Å²) in [5, 5.41) is 4.01. The van der Waals surface area contributed by atoms with E-state index in [1.807, 2.05) is 35.2 Å². The fraction of sp³-hybridized carbons (Fsp3) is 0.333. The zero-order valence-corrected chi connectivity index (χ0v) is 16.4. The molecule has 3 N–H and O–H groups in total. The summed E-state index contributed by atoms with van der Waals surface area (Å²) >= 11 is 1.44. The number of hydrogen-bond acceptors (Lipinski definition) is 6. The molecule has 0 spiro atoms. The number of nitrogens with two attached hydrogens (primary N) is 1. The van der Waals surface area contributed by atoms with Crippen molar-refractivity contribution in [2.45, 2.75) is 6.04 Å². The van der Waals surface area contributed by atoms with E-state index in [2.05, 4.69) is 22.4 Å². The molecule has 7 heteroatoms. The second-order valence-electron chi connectivity index (χ2n) is 7.49. The second kappa shape index (κ2) is 6.76. The first-order valence-corrected chi connectivity index (χ1v) is 10.3. The molecular weight excluding hydrogens is 372 g/mol. The Hall–Kier alpha value is -2.64. The van der Waals surface area contributed by atoms with E-state index in [9.17, 15) is 4.79 Å². The Morgan fingerprint density at radius 3 is 2.86 bits per heavy atom. The topological polar surface area (TPSA) is 80.5 Å². The van der Waals surface area contributed by atoms with E-state index >= 15 is 0 Å². The van der Waals surface area contributed by atoms with E-state index in [0.717, 1.165) is 41.2 Å². The molecule has 3 atom stereocenters. The Labute approximate surface area is 167 Å². The van der Waals surface area contributed by atoms with Crippen molar-refractivity contribution in [3.63, 3.8) is 0 Å². The first-order chi connectivity index (χ1) is 13.6. The number of likely N-dealkylation sites (tertiary alicyclic amines) is 1.